The maximum Gasteiger partial charge on any atom is 0.0713 e. The van der Waals surface area contributed by atoms with Gasteiger partial charge in [0, 0.05) is 27.7 Å². The highest BCUT2D eigenvalue weighted by atomic mass is 32.2. The number of hydrogen-bond acceptors (Lipinski definition) is 3. The van der Waals surface area contributed by atoms with Crippen LogP contribution in [0.2, 0.25) is 0 Å². The highest BCUT2D eigenvalue weighted by molar-refractivity contribution is 7.99. The molecule has 1 aliphatic rings. The van der Waals surface area contributed by atoms with E-state index in [0.717, 1.165) is 37.1 Å². The topological polar surface area (TPSA) is 46.2 Å². The van der Waals surface area contributed by atoms with Crippen LogP contribution in [0.25, 0.3) is 0 Å². The molecule has 0 aromatic heterocycles. The van der Waals surface area contributed by atoms with E-state index in [9.17, 15) is 5.11 Å². The average Bonchev–Trinajstić information content (AvgIpc) is 2.75. The fraction of sp³-hybridized carbons (Fsp3) is 0.455. The lowest BCUT2D eigenvalue weighted by Gasteiger charge is -2.39. The van der Waals surface area contributed by atoms with Crippen molar-refractivity contribution in [2.45, 2.75) is 56.4 Å². The summed E-state index contributed by atoms with van der Waals surface area (Å²) in [5.41, 5.74) is 9.17. The second kappa shape index (κ2) is 7.84. The van der Waals surface area contributed by atoms with Crippen molar-refractivity contribution in [3.63, 3.8) is 0 Å². The fourth-order valence-corrected chi connectivity index (χ4v) is 5.51. The number of nitrogens with two attached hydrogens (primary N) is 1. The minimum atomic E-state index is -0.401. The second-order valence-corrected chi connectivity index (χ2v) is 8.26. The lowest BCUT2D eigenvalue weighted by Crippen LogP contribution is -2.40. The summed E-state index contributed by atoms with van der Waals surface area (Å²) in [7, 11) is 0. The van der Waals surface area contributed by atoms with E-state index in [2.05, 4.69) is 50.2 Å². The molecule has 3 heteroatoms. The van der Waals surface area contributed by atoms with Gasteiger partial charge in [-0.05, 0) is 42.2 Å². The van der Waals surface area contributed by atoms with Gasteiger partial charge in [0.1, 0.15) is 0 Å². The monoisotopic (exact) mass is 355 g/mol. The van der Waals surface area contributed by atoms with Gasteiger partial charge >= 0.3 is 0 Å². The summed E-state index contributed by atoms with van der Waals surface area (Å²) in [5, 5.41) is 11.6. The number of fused-ring (bicyclic) bond motifs is 1. The van der Waals surface area contributed by atoms with Crippen molar-refractivity contribution in [3.8, 4) is 0 Å². The Balaban J connectivity index is 2.13. The molecule has 134 valence electrons. The van der Waals surface area contributed by atoms with E-state index < -0.39 is 6.10 Å². The Labute approximate surface area is 155 Å². The number of benzene rings is 2. The van der Waals surface area contributed by atoms with Crippen molar-refractivity contribution in [2.24, 2.45) is 5.41 Å². The van der Waals surface area contributed by atoms with E-state index in [4.69, 9.17) is 5.73 Å². The number of rotatable bonds is 5. The van der Waals surface area contributed by atoms with Gasteiger partial charge in [0.15, 0.2) is 0 Å². The lowest BCUT2D eigenvalue weighted by molar-refractivity contribution is 0.0182. The standard InChI is InChI=1S/C22H29NOS/c1-3-5-13-22(4-2)15-25-19-12-11-17(23)14-18(19)20(21(22)24)16-9-7-6-8-10-16/h6-12,14,20-21,24H,3-5,13,15,23H2,1-2H3/t20-,21-,22-/m1/s1. The molecule has 0 bridgehead atoms. The van der Waals surface area contributed by atoms with Gasteiger partial charge in [-0.2, -0.15) is 0 Å². The number of hydrogen-bond donors (Lipinski definition) is 2. The van der Waals surface area contributed by atoms with Gasteiger partial charge in [0.2, 0.25) is 0 Å². The van der Waals surface area contributed by atoms with Gasteiger partial charge in [-0.15, -0.1) is 11.8 Å². The summed E-state index contributed by atoms with van der Waals surface area (Å²) >= 11 is 1.89. The third kappa shape index (κ3) is 3.58. The maximum atomic E-state index is 11.6. The van der Waals surface area contributed by atoms with E-state index in [1.165, 1.54) is 16.0 Å². The quantitative estimate of drug-likeness (QED) is 0.701. The molecule has 3 N–H and O–H groups in total. The van der Waals surface area contributed by atoms with Crippen molar-refractivity contribution < 1.29 is 5.11 Å². The summed E-state index contributed by atoms with van der Waals surface area (Å²) in [4.78, 5) is 1.26. The molecule has 0 saturated carbocycles. The van der Waals surface area contributed by atoms with Crippen LogP contribution >= 0.6 is 11.8 Å². The van der Waals surface area contributed by atoms with Crippen molar-refractivity contribution in [3.05, 3.63) is 59.7 Å². The molecular formula is C22H29NOS. The van der Waals surface area contributed by atoms with E-state index in [1.54, 1.807) is 0 Å². The highest BCUT2D eigenvalue weighted by Gasteiger charge is 2.44. The first kappa shape index (κ1) is 18.3. The largest absolute Gasteiger partial charge is 0.399 e. The Morgan fingerprint density at radius 1 is 1.16 bits per heavy atom. The number of anilines is 1. The predicted molar refractivity (Wildman–Crippen MR) is 108 cm³/mol. The Morgan fingerprint density at radius 3 is 2.60 bits per heavy atom. The molecule has 0 spiro atoms. The van der Waals surface area contributed by atoms with E-state index >= 15 is 0 Å². The van der Waals surface area contributed by atoms with Crippen molar-refractivity contribution in [1.29, 1.82) is 0 Å². The first-order valence-corrected chi connectivity index (χ1v) is 10.3. The number of thioether (sulfide) groups is 1. The zero-order valence-corrected chi connectivity index (χ0v) is 16.1. The third-order valence-electron chi connectivity index (χ3n) is 5.72. The van der Waals surface area contributed by atoms with Crippen molar-refractivity contribution in [2.75, 3.05) is 11.5 Å². The SMILES string of the molecule is CCCC[C@]1(CC)CSc2ccc(N)cc2[C@@H](c2ccccc2)[C@H]1O. The Bertz CT molecular complexity index is 702. The van der Waals surface area contributed by atoms with Gasteiger partial charge < -0.3 is 10.8 Å². The molecule has 0 aliphatic carbocycles. The molecule has 2 nitrogen and oxygen atoms in total. The van der Waals surface area contributed by atoms with E-state index in [0.29, 0.717) is 0 Å². The molecule has 3 atom stereocenters. The predicted octanol–water partition coefficient (Wildman–Crippen LogP) is 5.45. The van der Waals surface area contributed by atoms with Crippen LogP contribution in [-0.4, -0.2) is 17.0 Å². The van der Waals surface area contributed by atoms with Gasteiger partial charge in [-0.25, -0.2) is 0 Å². The van der Waals surface area contributed by atoms with E-state index in [-0.39, 0.29) is 11.3 Å². The summed E-state index contributed by atoms with van der Waals surface area (Å²) in [6.45, 7) is 4.45. The molecule has 0 radical (unpaired) electrons. The molecular weight excluding hydrogens is 326 g/mol. The zero-order chi connectivity index (χ0) is 17.9. The Kier molecular flexibility index (Phi) is 5.75. The second-order valence-electron chi connectivity index (χ2n) is 7.24. The molecule has 25 heavy (non-hydrogen) atoms. The Morgan fingerprint density at radius 2 is 1.92 bits per heavy atom. The number of aliphatic hydroxyl groups is 1. The lowest BCUT2D eigenvalue weighted by atomic mass is 9.69. The average molecular weight is 356 g/mol. The van der Waals surface area contributed by atoms with Crippen molar-refractivity contribution >= 4 is 17.4 Å². The Hall–Kier alpha value is -1.45. The number of unbranched alkanes of at least 4 members (excludes halogenated alkanes) is 1. The molecule has 0 amide bonds. The first-order chi connectivity index (χ1) is 12.1. The van der Waals surface area contributed by atoms with Crippen LogP contribution in [-0.2, 0) is 0 Å². The van der Waals surface area contributed by atoms with Crippen LogP contribution in [0.15, 0.2) is 53.4 Å². The van der Waals surface area contributed by atoms with Crippen LogP contribution < -0.4 is 5.73 Å². The van der Waals surface area contributed by atoms with Gasteiger partial charge in [0.25, 0.3) is 0 Å². The highest BCUT2D eigenvalue weighted by Crippen LogP contribution is 2.50. The van der Waals surface area contributed by atoms with Crippen LogP contribution in [0.1, 0.15) is 56.6 Å². The summed E-state index contributed by atoms with van der Waals surface area (Å²) < 4.78 is 0. The van der Waals surface area contributed by atoms with Crippen LogP contribution in [0.5, 0.6) is 0 Å². The zero-order valence-electron chi connectivity index (χ0n) is 15.2. The minimum absolute atomic E-state index is 0.0218. The smallest absolute Gasteiger partial charge is 0.0713 e. The van der Waals surface area contributed by atoms with Crippen LogP contribution in [0, 0.1) is 5.41 Å². The normalized spacial score (nSPS) is 26.0. The number of nitrogen functional groups attached to an aromatic ring is 1. The molecule has 1 aliphatic heterocycles. The van der Waals surface area contributed by atoms with Gasteiger partial charge in [-0.1, -0.05) is 57.0 Å². The van der Waals surface area contributed by atoms with Crippen LogP contribution in [0.4, 0.5) is 5.69 Å². The van der Waals surface area contributed by atoms with E-state index in [1.807, 2.05) is 23.9 Å². The molecule has 0 saturated heterocycles. The molecule has 2 aromatic rings. The van der Waals surface area contributed by atoms with Gasteiger partial charge in [-0.3, -0.25) is 0 Å². The fourth-order valence-electron chi connectivity index (χ4n) is 4.03. The first-order valence-electron chi connectivity index (χ1n) is 9.36. The van der Waals surface area contributed by atoms with Gasteiger partial charge in [0.05, 0.1) is 6.10 Å². The summed E-state index contributed by atoms with van der Waals surface area (Å²) in [5.74, 6) is 0.941. The van der Waals surface area contributed by atoms with Crippen molar-refractivity contribution in [1.82, 2.24) is 0 Å². The minimum Gasteiger partial charge on any atom is -0.399 e. The summed E-state index contributed by atoms with van der Waals surface area (Å²) in [6.07, 6.45) is 3.98. The summed E-state index contributed by atoms with van der Waals surface area (Å²) in [6, 6.07) is 16.6. The number of aliphatic hydroxyl groups excluding tert-OH is 1. The molecule has 2 aromatic carbocycles. The molecule has 0 unspecified atom stereocenters. The maximum absolute atomic E-state index is 11.6. The third-order valence-corrected chi connectivity index (χ3v) is 7.12. The molecule has 3 rings (SSSR count). The molecule has 0 fully saturated rings. The molecule has 1 heterocycles. The van der Waals surface area contributed by atoms with Crippen LogP contribution in [0.3, 0.4) is 0 Å².